The van der Waals surface area contributed by atoms with Crippen LogP contribution in [0.15, 0.2) is 24.3 Å². The van der Waals surface area contributed by atoms with Crippen molar-refractivity contribution in [2.45, 2.75) is 31.3 Å². The van der Waals surface area contributed by atoms with Crippen molar-refractivity contribution < 1.29 is 9.59 Å². The molecule has 0 radical (unpaired) electrons. The van der Waals surface area contributed by atoms with Gasteiger partial charge in [-0.05, 0) is 24.5 Å². The van der Waals surface area contributed by atoms with Crippen LogP contribution >= 0.6 is 0 Å². The van der Waals surface area contributed by atoms with E-state index >= 15 is 0 Å². The Morgan fingerprint density at radius 1 is 1.35 bits per heavy atom. The molecule has 1 aliphatic carbocycles. The number of benzene rings is 1. The molecule has 1 saturated carbocycles. The first-order chi connectivity index (χ1) is 9.63. The van der Waals surface area contributed by atoms with Crippen LogP contribution in [0.3, 0.4) is 0 Å². The summed E-state index contributed by atoms with van der Waals surface area (Å²) >= 11 is 0. The fraction of sp³-hybridized carbons (Fsp3) is 0.467. The Labute approximate surface area is 118 Å². The number of amides is 2. The molecule has 1 unspecified atom stereocenters. The molecular weight excluding hydrogens is 254 g/mol. The van der Waals surface area contributed by atoms with Gasteiger partial charge in [-0.2, -0.15) is 0 Å². The zero-order valence-corrected chi connectivity index (χ0v) is 11.6. The van der Waals surface area contributed by atoms with E-state index in [1.165, 1.54) is 4.90 Å². The van der Waals surface area contributed by atoms with E-state index in [9.17, 15) is 9.59 Å². The molecule has 1 aromatic carbocycles. The van der Waals surface area contributed by atoms with Crippen molar-refractivity contribution in [1.29, 1.82) is 0 Å². The lowest BCUT2D eigenvalue weighted by Gasteiger charge is -2.21. The average molecular weight is 273 g/mol. The topological polar surface area (TPSA) is 61.4 Å². The summed E-state index contributed by atoms with van der Waals surface area (Å²) in [5, 5.41) is 6.11. The van der Waals surface area contributed by atoms with E-state index in [4.69, 9.17) is 0 Å². The van der Waals surface area contributed by atoms with Gasteiger partial charge >= 0.3 is 0 Å². The maximum absolute atomic E-state index is 12.3. The first-order valence-corrected chi connectivity index (χ1v) is 7.02. The molecule has 1 heterocycles. The fourth-order valence-electron chi connectivity index (χ4n) is 2.51. The molecule has 0 aromatic heterocycles. The van der Waals surface area contributed by atoms with Crippen molar-refractivity contribution in [3.8, 4) is 0 Å². The van der Waals surface area contributed by atoms with Gasteiger partial charge in [0, 0.05) is 25.2 Å². The predicted molar refractivity (Wildman–Crippen MR) is 76.4 cm³/mol. The Balaban J connectivity index is 1.55. The van der Waals surface area contributed by atoms with Crippen LogP contribution < -0.4 is 10.6 Å². The van der Waals surface area contributed by atoms with Gasteiger partial charge in [0.2, 0.25) is 11.8 Å². The number of carbonyl (C=O) groups is 2. The van der Waals surface area contributed by atoms with Gasteiger partial charge in [-0.25, -0.2) is 0 Å². The van der Waals surface area contributed by atoms with E-state index in [-0.39, 0.29) is 24.4 Å². The number of rotatable bonds is 4. The normalized spacial score (nSPS) is 19.9. The summed E-state index contributed by atoms with van der Waals surface area (Å²) < 4.78 is 0. The molecule has 5 nitrogen and oxygen atoms in total. The third kappa shape index (κ3) is 2.76. The molecule has 0 spiro atoms. The van der Waals surface area contributed by atoms with Gasteiger partial charge in [0.05, 0.1) is 6.54 Å². The molecule has 1 atom stereocenters. The monoisotopic (exact) mass is 273 g/mol. The summed E-state index contributed by atoms with van der Waals surface area (Å²) in [6, 6.07) is 8.00. The van der Waals surface area contributed by atoms with Gasteiger partial charge in [0.25, 0.3) is 0 Å². The number of hydrogen-bond acceptors (Lipinski definition) is 3. The number of para-hydroxylation sites is 1. The highest BCUT2D eigenvalue weighted by Gasteiger charge is 2.30. The Hall–Kier alpha value is -2.04. The number of carbonyl (C=O) groups excluding carboxylic acids is 2. The molecule has 0 bridgehead atoms. The van der Waals surface area contributed by atoms with Gasteiger partial charge in [-0.15, -0.1) is 0 Å². The largest absolute Gasteiger partial charge is 0.373 e. The molecule has 2 aliphatic rings. The van der Waals surface area contributed by atoms with Gasteiger partial charge in [0.1, 0.15) is 6.04 Å². The smallest absolute Gasteiger partial charge is 0.245 e. The van der Waals surface area contributed by atoms with Crippen molar-refractivity contribution in [2.75, 3.05) is 18.9 Å². The van der Waals surface area contributed by atoms with Crippen LogP contribution in [0, 0.1) is 0 Å². The first kappa shape index (κ1) is 13.0. The molecule has 2 amide bonds. The lowest BCUT2D eigenvalue weighted by Crippen LogP contribution is -2.45. The lowest BCUT2D eigenvalue weighted by molar-refractivity contribution is -0.135. The van der Waals surface area contributed by atoms with Crippen LogP contribution in [0.25, 0.3) is 0 Å². The summed E-state index contributed by atoms with van der Waals surface area (Å²) in [5.74, 6) is -0.106. The Morgan fingerprint density at radius 3 is 2.80 bits per heavy atom. The molecule has 1 aliphatic heterocycles. The molecular formula is C15H19N3O2. The molecule has 106 valence electrons. The predicted octanol–water partition coefficient (Wildman–Crippen LogP) is 0.760. The Morgan fingerprint density at radius 2 is 2.10 bits per heavy atom. The minimum atomic E-state index is -0.258. The summed E-state index contributed by atoms with van der Waals surface area (Å²) in [7, 11) is 1.68. The van der Waals surface area contributed by atoms with Crippen LogP contribution in [-0.2, 0) is 16.0 Å². The van der Waals surface area contributed by atoms with E-state index in [1.807, 2.05) is 24.3 Å². The van der Waals surface area contributed by atoms with Gasteiger partial charge < -0.3 is 15.5 Å². The van der Waals surface area contributed by atoms with Crippen molar-refractivity contribution >= 4 is 17.5 Å². The van der Waals surface area contributed by atoms with Gasteiger partial charge in [-0.3, -0.25) is 9.59 Å². The van der Waals surface area contributed by atoms with Crippen LogP contribution in [0.2, 0.25) is 0 Å². The summed E-state index contributed by atoms with van der Waals surface area (Å²) in [6.07, 6.45) is 2.80. The molecule has 3 rings (SSSR count). The van der Waals surface area contributed by atoms with Gasteiger partial charge in [0.15, 0.2) is 0 Å². The highest BCUT2D eigenvalue weighted by Crippen LogP contribution is 2.25. The van der Waals surface area contributed by atoms with Crippen molar-refractivity contribution in [3.63, 3.8) is 0 Å². The molecule has 1 fully saturated rings. The summed E-state index contributed by atoms with van der Waals surface area (Å²) in [4.78, 5) is 25.6. The number of fused-ring (bicyclic) bond motifs is 1. The molecule has 2 N–H and O–H groups in total. The molecule has 5 heteroatoms. The highest BCUT2D eigenvalue weighted by atomic mass is 16.2. The van der Waals surface area contributed by atoms with E-state index in [0.717, 1.165) is 24.1 Å². The van der Waals surface area contributed by atoms with Crippen LogP contribution in [-0.4, -0.2) is 42.4 Å². The van der Waals surface area contributed by atoms with E-state index in [2.05, 4.69) is 10.6 Å². The number of nitrogens with one attached hydrogen (secondary N) is 2. The second-order valence-corrected chi connectivity index (χ2v) is 5.59. The maximum Gasteiger partial charge on any atom is 0.245 e. The third-order valence-corrected chi connectivity index (χ3v) is 3.77. The second kappa shape index (κ2) is 5.15. The van der Waals surface area contributed by atoms with Crippen LogP contribution in [0.4, 0.5) is 5.69 Å². The van der Waals surface area contributed by atoms with Crippen molar-refractivity contribution in [3.05, 3.63) is 29.8 Å². The summed E-state index contributed by atoms with van der Waals surface area (Å²) in [5.41, 5.74) is 2.17. The lowest BCUT2D eigenvalue weighted by atomic mass is 10.1. The fourth-order valence-corrected chi connectivity index (χ4v) is 2.51. The average Bonchev–Trinajstić information content (AvgIpc) is 3.12. The summed E-state index contributed by atoms with van der Waals surface area (Å²) in [6.45, 7) is 0.129. The molecule has 20 heavy (non-hydrogen) atoms. The number of anilines is 1. The maximum atomic E-state index is 12.3. The zero-order chi connectivity index (χ0) is 14.1. The zero-order valence-electron chi connectivity index (χ0n) is 11.6. The standard InChI is InChI=1S/C15H19N3O2/c1-18(9-14(19)16-11-6-7-11)15(20)13-8-10-4-2-3-5-12(10)17-13/h2-5,11,13,17H,6-9H2,1H3,(H,16,19). The number of nitrogens with zero attached hydrogens (tertiary/aromatic N) is 1. The SMILES string of the molecule is CN(CC(=O)NC1CC1)C(=O)C1Cc2ccccc2N1. The van der Waals surface area contributed by atoms with E-state index in [1.54, 1.807) is 7.05 Å². The highest BCUT2D eigenvalue weighted by molar-refractivity contribution is 5.90. The molecule has 0 saturated heterocycles. The first-order valence-electron chi connectivity index (χ1n) is 7.02. The van der Waals surface area contributed by atoms with Crippen molar-refractivity contribution in [2.24, 2.45) is 0 Å². The Bertz CT molecular complexity index is 515. The van der Waals surface area contributed by atoms with Crippen LogP contribution in [0.1, 0.15) is 18.4 Å². The quantitative estimate of drug-likeness (QED) is 0.851. The third-order valence-electron chi connectivity index (χ3n) is 3.77. The second-order valence-electron chi connectivity index (χ2n) is 5.59. The van der Waals surface area contributed by atoms with Gasteiger partial charge in [-0.1, -0.05) is 18.2 Å². The van der Waals surface area contributed by atoms with E-state index in [0.29, 0.717) is 12.5 Å². The Kier molecular flexibility index (Phi) is 3.34. The minimum absolute atomic E-state index is 0.0350. The number of likely N-dealkylation sites (N-methyl/N-ethyl adjacent to an activating group) is 1. The molecule has 1 aromatic rings. The minimum Gasteiger partial charge on any atom is -0.373 e. The number of hydrogen-bond donors (Lipinski definition) is 2. The van der Waals surface area contributed by atoms with Crippen LogP contribution in [0.5, 0.6) is 0 Å². The van der Waals surface area contributed by atoms with E-state index < -0.39 is 0 Å². The van der Waals surface area contributed by atoms with Crippen molar-refractivity contribution in [1.82, 2.24) is 10.2 Å².